The monoisotopic (exact) mass is 280 g/mol. The summed E-state index contributed by atoms with van der Waals surface area (Å²) in [4.78, 5) is 29.3. The lowest BCUT2D eigenvalue weighted by atomic mass is 10.2. The van der Waals surface area contributed by atoms with Crippen molar-refractivity contribution in [2.45, 2.75) is 20.3 Å². The smallest absolute Gasteiger partial charge is 0.341 e. The molecule has 1 aromatic heterocycles. The summed E-state index contributed by atoms with van der Waals surface area (Å²) >= 11 is 0. The van der Waals surface area contributed by atoms with Gasteiger partial charge >= 0.3 is 11.9 Å². The summed E-state index contributed by atoms with van der Waals surface area (Å²) in [5.74, 6) is -0.376. The molecule has 0 unspecified atom stereocenters. The van der Waals surface area contributed by atoms with E-state index in [0.29, 0.717) is 17.9 Å². The Labute approximate surface area is 118 Å². The molecule has 0 saturated carbocycles. The van der Waals surface area contributed by atoms with E-state index in [1.165, 1.54) is 7.11 Å². The van der Waals surface area contributed by atoms with E-state index in [-0.39, 0.29) is 19.1 Å². The van der Waals surface area contributed by atoms with Crippen LogP contribution < -0.4 is 4.90 Å². The molecule has 0 aliphatic heterocycles. The summed E-state index contributed by atoms with van der Waals surface area (Å²) in [6, 6.07) is 3.30. The van der Waals surface area contributed by atoms with Crippen LogP contribution in [0.5, 0.6) is 0 Å². The molecule has 0 aliphatic rings. The minimum absolute atomic E-state index is 0.0494. The fourth-order valence-corrected chi connectivity index (χ4v) is 1.77. The minimum atomic E-state index is -0.443. The molecule has 6 nitrogen and oxygen atoms in total. The lowest BCUT2D eigenvalue weighted by Gasteiger charge is -2.23. The number of pyridine rings is 1. The zero-order valence-corrected chi connectivity index (χ0v) is 12.1. The molecule has 20 heavy (non-hydrogen) atoms. The van der Waals surface area contributed by atoms with Gasteiger partial charge in [-0.2, -0.15) is 0 Å². The van der Waals surface area contributed by atoms with Crippen molar-refractivity contribution in [3.8, 4) is 0 Å². The Hall–Kier alpha value is -2.11. The number of carbonyl (C=O) groups is 2. The summed E-state index contributed by atoms with van der Waals surface area (Å²) in [6.45, 7) is 4.66. The van der Waals surface area contributed by atoms with Crippen LogP contribution in [0.1, 0.15) is 30.6 Å². The van der Waals surface area contributed by atoms with E-state index in [0.717, 1.165) is 6.42 Å². The van der Waals surface area contributed by atoms with Crippen LogP contribution in [-0.4, -0.2) is 43.7 Å². The third-order valence-corrected chi connectivity index (χ3v) is 2.62. The highest BCUT2D eigenvalue weighted by molar-refractivity contribution is 5.95. The van der Waals surface area contributed by atoms with E-state index in [1.54, 1.807) is 30.2 Å². The highest BCUT2D eigenvalue weighted by Crippen LogP contribution is 2.18. The standard InChI is InChI=1S/C14H20N2O4/c1-4-9-16(10-12(17)19-3)13-11(7-6-8-15-13)14(18)20-5-2/h6-8H,4-5,9-10H2,1-3H3. The molecule has 1 heterocycles. The summed E-state index contributed by atoms with van der Waals surface area (Å²) < 4.78 is 9.68. The van der Waals surface area contributed by atoms with Gasteiger partial charge < -0.3 is 14.4 Å². The predicted molar refractivity (Wildman–Crippen MR) is 74.7 cm³/mol. The number of esters is 2. The van der Waals surface area contributed by atoms with Gasteiger partial charge in [-0.25, -0.2) is 9.78 Å². The van der Waals surface area contributed by atoms with Crippen molar-refractivity contribution in [1.82, 2.24) is 4.98 Å². The highest BCUT2D eigenvalue weighted by atomic mass is 16.5. The van der Waals surface area contributed by atoms with Gasteiger partial charge in [0.15, 0.2) is 0 Å². The van der Waals surface area contributed by atoms with Gasteiger partial charge in [-0.05, 0) is 25.5 Å². The number of nitrogens with zero attached hydrogens (tertiary/aromatic N) is 2. The van der Waals surface area contributed by atoms with E-state index in [1.807, 2.05) is 6.92 Å². The Morgan fingerprint density at radius 2 is 2.10 bits per heavy atom. The van der Waals surface area contributed by atoms with Crippen molar-refractivity contribution in [2.24, 2.45) is 0 Å². The zero-order chi connectivity index (χ0) is 15.0. The first-order chi connectivity index (χ1) is 9.63. The van der Waals surface area contributed by atoms with Gasteiger partial charge in [0.05, 0.1) is 13.7 Å². The summed E-state index contributed by atoms with van der Waals surface area (Å²) in [7, 11) is 1.33. The first-order valence-corrected chi connectivity index (χ1v) is 6.57. The van der Waals surface area contributed by atoms with Gasteiger partial charge in [0.2, 0.25) is 0 Å². The fourth-order valence-electron chi connectivity index (χ4n) is 1.77. The SMILES string of the molecule is CCCN(CC(=O)OC)c1ncccc1C(=O)OCC. The Morgan fingerprint density at radius 1 is 1.35 bits per heavy atom. The Bertz CT molecular complexity index is 462. The molecule has 0 fully saturated rings. The van der Waals surface area contributed by atoms with Crippen molar-refractivity contribution < 1.29 is 19.1 Å². The zero-order valence-electron chi connectivity index (χ0n) is 12.1. The number of hydrogen-bond donors (Lipinski definition) is 0. The van der Waals surface area contributed by atoms with Gasteiger partial charge in [0.25, 0.3) is 0 Å². The number of carbonyl (C=O) groups excluding carboxylic acids is 2. The maximum atomic E-state index is 11.9. The largest absolute Gasteiger partial charge is 0.468 e. The molecule has 0 radical (unpaired) electrons. The van der Waals surface area contributed by atoms with E-state index < -0.39 is 5.97 Å². The van der Waals surface area contributed by atoms with Crippen molar-refractivity contribution in [1.29, 1.82) is 0 Å². The maximum absolute atomic E-state index is 11.9. The van der Waals surface area contributed by atoms with E-state index in [9.17, 15) is 9.59 Å². The molecule has 6 heteroatoms. The minimum Gasteiger partial charge on any atom is -0.468 e. The first-order valence-electron chi connectivity index (χ1n) is 6.57. The first kappa shape index (κ1) is 15.9. The van der Waals surface area contributed by atoms with Crippen LogP contribution in [0.3, 0.4) is 0 Å². The van der Waals surface area contributed by atoms with Crippen LogP contribution in [0.4, 0.5) is 5.82 Å². The van der Waals surface area contributed by atoms with Gasteiger partial charge in [0, 0.05) is 12.7 Å². The van der Waals surface area contributed by atoms with Crippen molar-refractivity contribution in [3.05, 3.63) is 23.9 Å². The number of ether oxygens (including phenoxy) is 2. The normalized spacial score (nSPS) is 9.95. The number of aromatic nitrogens is 1. The summed E-state index contributed by atoms with van der Waals surface area (Å²) in [5, 5.41) is 0. The van der Waals surface area contributed by atoms with Crippen LogP contribution >= 0.6 is 0 Å². The second kappa shape index (κ2) is 8.14. The molecule has 0 spiro atoms. The molecule has 110 valence electrons. The molecule has 0 aliphatic carbocycles. The quantitative estimate of drug-likeness (QED) is 0.707. The van der Waals surface area contributed by atoms with Crippen molar-refractivity contribution in [3.63, 3.8) is 0 Å². The third kappa shape index (κ3) is 4.22. The average molecular weight is 280 g/mol. The Balaban J connectivity index is 3.06. The van der Waals surface area contributed by atoms with E-state index >= 15 is 0 Å². The molecule has 0 saturated heterocycles. The fraction of sp³-hybridized carbons (Fsp3) is 0.500. The van der Waals surface area contributed by atoms with Crippen LogP contribution in [-0.2, 0) is 14.3 Å². The van der Waals surface area contributed by atoms with E-state index in [4.69, 9.17) is 4.74 Å². The Morgan fingerprint density at radius 3 is 2.70 bits per heavy atom. The van der Waals surface area contributed by atoms with Crippen molar-refractivity contribution >= 4 is 17.8 Å². The van der Waals surface area contributed by atoms with Crippen LogP contribution in [0, 0.1) is 0 Å². The molecule has 0 atom stereocenters. The second-order valence-electron chi connectivity index (χ2n) is 4.09. The molecule has 0 aromatic carbocycles. The predicted octanol–water partition coefficient (Wildman–Crippen LogP) is 1.65. The van der Waals surface area contributed by atoms with Gasteiger partial charge in [-0.15, -0.1) is 0 Å². The molecular weight excluding hydrogens is 260 g/mol. The lowest BCUT2D eigenvalue weighted by Crippen LogP contribution is -2.33. The summed E-state index contributed by atoms with van der Waals surface area (Å²) in [5.41, 5.74) is 0.353. The molecule has 1 rings (SSSR count). The van der Waals surface area contributed by atoms with Gasteiger partial charge in [-0.1, -0.05) is 6.92 Å². The second-order valence-corrected chi connectivity index (χ2v) is 4.09. The lowest BCUT2D eigenvalue weighted by molar-refractivity contribution is -0.138. The summed E-state index contributed by atoms with van der Waals surface area (Å²) in [6.07, 6.45) is 2.40. The number of hydrogen-bond acceptors (Lipinski definition) is 6. The van der Waals surface area contributed by atoms with Gasteiger partial charge in [0.1, 0.15) is 17.9 Å². The van der Waals surface area contributed by atoms with E-state index in [2.05, 4.69) is 9.72 Å². The number of methoxy groups -OCH3 is 1. The average Bonchev–Trinajstić information content (AvgIpc) is 2.47. The molecular formula is C14H20N2O4. The number of anilines is 1. The number of rotatable bonds is 7. The molecule has 0 bridgehead atoms. The highest BCUT2D eigenvalue weighted by Gasteiger charge is 2.20. The third-order valence-electron chi connectivity index (χ3n) is 2.62. The molecule has 0 amide bonds. The van der Waals surface area contributed by atoms with Gasteiger partial charge in [-0.3, -0.25) is 4.79 Å². The Kier molecular flexibility index (Phi) is 6.49. The van der Waals surface area contributed by atoms with Crippen LogP contribution in [0.15, 0.2) is 18.3 Å². The van der Waals surface area contributed by atoms with Crippen LogP contribution in [0.25, 0.3) is 0 Å². The van der Waals surface area contributed by atoms with Crippen LogP contribution in [0.2, 0.25) is 0 Å². The maximum Gasteiger partial charge on any atom is 0.341 e. The molecule has 0 N–H and O–H groups in total. The molecule has 1 aromatic rings. The van der Waals surface area contributed by atoms with Crippen molar-refractivity contribution in [2.75, 3.05) is 31.7 Å². The topological polar surface area (TPSA) is 68.7 Å².